The summed E-state index contributed by atoms with van der Waals surface area (Å²) >= 11 is 0. The molecule has 0 aromatic rings. The van der Waals surface area contributed by atoms with Gasteiger partial charge in [-0.05, 0) is 12.8 Å². The van der Waals surface area contributed by atoms with Crippen LogP contribution in [-0.2, 0) is 4.79 Å². The zero-order valence-corrected chi connectivity index (χ0v) is 6.00. The molecule has 0 bridgehead atoms. The van der Waals surface area contributed by atoms with E-state index in [1.807, 2.05) is 6.92 Å². The molecule has 0 spiro atoms. The van der Waals surface area contributed by atoms with E-state index in [-0.39, 0.29) is 0 Å². The Balaban J connectivity index is 0. The van der Waals surface area contributed by atoms with E-state index in [9.17, 15) is 0 Å². The van der Waals surface area contributed by atoms with Crippen molar-refractivity contribution >= 4 is 6.08 Å². The van der Waals surface area contributed by atoms with Gasteiger partial charge in [-0.15, -0.1) is 0 Å². The van der Waals surface area contributed by atoms with Gasteiger partial charge in [0.25, 0.3) is 0 Å². The van der Waals surface area contributed by atoms with E-state index >= 15 is 0 Å². The van der Waals surface area contributed by atoms with Crippen molar-refractivity contribution in [3.63, 3.8) is 0 Å². The summed E-state index contributed by atoms with van der Waals surface area (Å²) in [5.74, 6) is 0. The summed E-state index contributed by atoms with van der Waals surface area (Å²) in [4.78, 5) is 8.35. The van der Waals surface area contributed by atoms with E-state index in [1.165, 1.54) is 0 Å². The van der Waals surface area contributed by atoms with Crippen LogP contribution in [-0.4, -0.2) is 22.6 Å². The van der Waals surface area contributed by atoms with Gasteiger partial charge in [0, 0.05) is 0 Å². The highest BCUT2D eigenvalue weighted by Crippen LogP contribution is 1.95. The van der Waals surface area contributed by atoms with Crippen molar-refractivity contribution in [3.8, 4) is 0 Å². The van der Waals surface area contributed by atoms with Crippen molar-refractivity contribution in [2.45, 2.75) is 32.5 Å². The van der Waals surface area contributed by atoms with Gasteiger partial charge in [0.1, 0.15) is 0 Å². The van der Waals surface area contributed by atoms with Crippen LogP contribution in [0.15, 0.2) is 0 Å². The second kappa shape index (κ2) is 11.1. The van der Waals surface area contributed by atoms with Crippen LogP contribution in [0.25, 0.3) is 0 Å². The van der Waals surface area contributed by atoms with Gasteiger partial charge in [-0.3, -0.25) is 0 Å². The average Bonchev–Trinajstić information content (AvgIpc) is 1.85. The molecule has 0 rings (SSSR count). The lowest BCUT2D eigenvalue weighted by molar-refractivity contribution is -0.0463. The molecular weight excluding hydrogens is 134 g/mol. The number of hydrogen-bond acceptors (Lipinski definition) is 4. The van der Waals surface area contributed by atoms with E-state index in [2.05, 4.69) is 0 Å². The highest BCUT2D eigenvalue weighted by Gasteiger charge is 1.92. The fraction of sp³-hybridized carbons (Fsp3) is 0.833. The Bertz CT molecular complexity index is 87.0. The summed E-state index contributed by atoms with van der Waals surface area (Å²) in [7, 11) is 0. The number of aliphatic hydroxyl groups is 2. The Labute approximate surface area is 60.0 Å². The molecule has 0 saturated heterocycles. The van der Waals surface area contributed by atoms with E-state index in [4.69, 9.17) is 20.4 Å². The summed E-state index contributed by atoms with van der Waals surface area (Å²) in [5, 5.41) is 21.9. The molecule has 4 nitrogen and oxygen atoms in total. The molecule has 10 heavy (non-hydrogen) atoms. The van der Waals surface area contributed by atoms with Gasteiger partial charge in [-0.25, -0.2) is 10.2 Å². The van der Waals surface area contributed by atoms with Gasteiger partial charge in [-0.2, -0.15) is 0 Å². The Kier molecular flexibility index (Phi) is 13.4. The number of aliphatic hydroxyl groups excluding tert-OH is 1. The fourth-order valence-electron chi connectivity index (χ4n) is 0.387. The summed E-state index contributed by atoms with van der Waals surface area (Å²) in [5.41, 5.74) is 0. The number of carbonyl (C=O) groups excluding carboxylic acids is 1. The van der Waals surface area contributed by atoms with E-state index in [0.29, 0.717) is 6.42 Å². The summed E-state index contributed by atoms with van der Waals surface area (Å²) in [6.45, 7) is 2.02. The molecule has 0 atom stereocenters. The first-order chi connectivity index (χ1) is 4.68. The van der Waals surface area contributed by atoms with Crippen LogP contribution in [0.4, 0.5) is 0 Å². The maximum Gasteiger partial charge on any atom is 0.231 e. The van der Waals surface area contributed by atoms with E-state index < -0.39 is 6.29 Å². The zero-order chi connectivity index (χ0) is 8.41. The highest BCUT2D eigenvalue weighted by molar-refractivity contribution is 5.26. The molecule has 0 unspecified atom stereocenters. The maximum atomic E-state index is 8.35. The van der Waals surface area contributed by atoms with Crippen molar-refractivity contribution in [2.24, 2.45) is 0 Å². The molecule has 4 heteroatoms. The number of hydrogen-bond donors (Lipinski definition) is 3. The zero-order valence-electron chi connectivity index (χ0n) is 6.00. The Morgan fingerprint density at radius 2 is 2.00 bits per heavy atom. The highest BCUT2D eigenvalue weighted by atomic mass is 16.5. The molecule has 0 amide bonds. The maximum absolute atomic E-state index is 8.35. The molecule has 0 aliphatic heterocycles. The van der Waals surface area contributed by atoms with Crippen LogP contribution in [0, 0.1) is 5.41 Å². The molecule has 0 aliphatic carbocycles. The Morgan fingerprint density at radius 1 is 1.60 bits per heavy atom. The third-order valence-corrected chi connectivity index (χ3v) is 0.816. The SMILES string of the molecule is CCCCC(O)O.N=C=O. The molecule has 0 aliphatic rings. The largest absolute Gasteiger partial charge is 0.368 e. The van der Waals surface area contributed by atoms with Gasteiger partial charge in [0.15, 0.2) is 6.29 Å². The average molecular weight is 147 g/mol. The number of rotatable bonds is 3. The normalized spacial score (nSPS) is 8.00. The number of nitrogens with one attached hydrogen (secondary N) is 1. The van der Waals surface area contributed by atoms with Crippen molar-refractivity contribution in [1.29, 1.82) is 5.41 Å². The van der Waals surface area contributed by atoms with Crippen molar-refractivity contribution in [3.05, 3.63) is 0 Å². The Hall–Kier alpha value is -0.700. The van der Waals surface area contributed by atoms with Crippen molar-refractivity contribution < 1.29 is 15.0 Å². The van der Waals surface area contributed by atoms with Crippen LogP contribution < -0.4 is 0 Å². The van der Waals surface area contributed by atoms with Crippen LogP contribution in [0.3, 0.4) is 0 Å². The smallest absolute Gasteiger partial charge is 0.231 e. The molecule has 3 N–H and O–H groups in total. The predicted molar refractivity (Wildman–Crippen MR) is 36.2 cm³/mol. The Morgan fingerprint density at radius 3 is 2.10 bits per heavy atom. The van der Waals surface area contributed by atoms with E-state index in [1.54, 1.807) is 0 Å². The van der Waals surface area contributed by atoms with Crippen LogP contribution >= 0.6 is 0 Å². The van der Waals surface area contributed by atoms with Gasteiger partial charge in [-0.1, -0.05) is 13.3 Å². The van der Waals surface area contributed by atoms with Crippen LogP contribution in [0.2, 0.25) is 0 Å². The lowest BCUT2D eigenvalue weighted by Crippen LogP contribution is -2.02. The van der Waals surface area contributed by atoms with Gasteiger partial charge < -0.3 is 10.2 Å². The van der Waals surface area contributed by atoms with Crippen molar-refractivity contribution in [2.75, 3.05) is 0 Å². The minimum Gasteiger partial charge on any atom is -0.368 e. The molecule has 60 valence electrons. The molecule has 0 aromatic carbocycles. The molecular formula is C6H13NO3. The van der Waals surface area contributed by atoms with Gasteiger partial charge in [0.2, 0.25) is 6.08 Å². The van der Waals surface area contributed by atoms with Crippen molar-refractivity contribution in [1.82, 2.24) is 0 Å². The summed E-state index contributed by atoms with van der Waals surface area (Å²) in [6.07, 6.45) is 2.09. The number of unbranched alkanes of at least 4 members (excludes halogenated alkanes) is 1. The first-order valence-corrected chi connectivity index (χ1v) is 3.09. The minimum absolute atomic E-state index is 0.510. The second-order valence-corrected chi connectivity index (χ2v) is 1.72. The van der Waals surface area contributed by atoms with Crippen LogP contribution in [0.5, 0.6) is 0 Å². The lowest BCUT2D eigenvalue weighted by atomic mass is 10.2. The standard InChI is InChI=1S/C5H12O2.CHNO/c1-2-3-4-5(6)7;2-1-3/h5-7H,2-4H2,1H3;2H. The molecule has 0 fully saturated rings. The molecule has 0 aromatic heterocycles. The first-order valence-electron chi connectivity index (χ1n) is 3.09. The third-order valence-electron chi connectivity index (χ3n) is 0.816. The second-order valence-electron chi connectivity index (χ2n) is 1.72. The predicted octanol–water partition coefficient (Wildman–Crippen LogP) is 0.388. The van der Waals surface area contributed by atoms with Crippen LogP contribution in [0.1, 0.15) is 26.2 Å². The fourth-order valence-corrected chi connectivity index (χ4v) is 0.387. The quantitative estimate of drug-likeness (QED) is 0.307. The van der Waals surface area contributed by atoms with E-state index in [0.717, 1.165) is 18.9 Å². The molecule has 0 radical (unpaired) electrons. The lowest BCUT2D eigenvalue weighted by Gasteiger charge is -1.97. The minimum atomic E-state index is -1.10. The molecule has 0 heterocycles. The van der Waals surface area contributed by atoms with Gasteiger partial charge in [0.05, 0.1) is 0 Å². The number of isocyanates is 1. The monoisotopic (exact) mass is 147 g/mol. The summed E-state index contributed by atoms with van der Waals surface area (Å²) < 4.78 is 0. The molecule has 0 saturated carbocycles. The first kappa shape index (κ1) is 12.0. The summed E-state index contributed by atoms with van der Waals surface area (Å²) in [6, 6.07) is 0. The topological polar surface area (TPSA) is 81.4 Å². The van der Waals surface area contributed by atoms with Gasteiger partial charge >= 0.3 is 0 Å². The third kappa shape index (κ3) is 26.6.